The number of hydrogen-bond donors (Lipinski definition) is 2. The van der Waals surface area contributed by atoms with Crippen LogP contribution >= 0.6 is 7.82 Å². The van der Waals surface area contributed by atoms with Gasteiger partial charge in [-0.25, -0.2) is 0 Å². The van der Waals surface area contributed by atoms with Gasteiger partial charge in [0.15, 0.2) is 0 Å². The molecule has 1 amide bonds. The Kier molecular flexibility index (Phi) is 31.8. The van der Waals surface area contributed by atoms with Crippen LogP contribution in [0.5, 0.6) is 0 Å². The van der Waals surface area contributed by atoms with Crippen molar-refractivity contribution in [3.8, 4) is 0 Å². The van der Waals surface area contributed by atoms with Crippen LogP contribution in [0.4, 0.5) is 0 Å². The van der Waals surface area contributed by atoms with Gasteiger partial charge in [-0.2, -0.15) is 0 Å². The molecule has 0 aromatic carbocycles. The summed E-state index contributed by atoms with van der Waals surface area (Å²) in [5.41, 5.74) is 0. The summed E-state index contributed by atoms with van der Waals surface area (Å²) in [7, 11) is 1.28. The average molecular weight is 713 g/mol. The first-order valence-corrected chi connectivity index (χ1v) is 21.3. The third-order valence-electron chi connectivity index (χ3n) is 8.64. The fraction of sp³-hybridized carbons (Fsp3) is 0.825. The van der Waals surface area contributed by atoms with Crippen molar-refractivity contribution in [1.82, 2.24) is 5.32 Å². The van der Waals surface area contributed by atoms with E-state index in [9.17, 15) is 19.4 Å². The highest BCUT2D eigenvalue weighted by Gasteiger charge is 2.24. The van der Waals surface area contributed by atoms with Gasteiger partial charge < -0.3 is 28.8 Å². The molecular formula is C40H77N2O6P. The third-order valence-corrected chi connectivity index (χ3v) is 9.61. The molecule has 0 bridgehead atoms. The smallest absolute Gasteiger partial charge is 0.268 e. The zero-order valence-electron chi connectivity index (χ0n) is 32.4. The summed E-state index contributed by atoms with van der Waals surface area (Å²) in [6, 6.07) is -0.813. The highest BCUT2D eigenvalue weighted by molar-refractivity contribution is 7.45. The molecule has 0 radical (unpaired) electrons. The standard InChI is InChI=1S/C40H77N2O6P/c1-6-8-10-12-14-16-18-20-22-23-25-27-29-31-33-39(43)38(37-48-49(45,46)47-36-35-42(3,4)5)41-40(44)34-32-30-28-26-24-21-19-17-15-13-11-9-7-2/h9,11,15,17,21,24,38-39,43H,6-8,10,12-14,16,18-20,22-23,25-37H2,1-5H3,(H-,41,44,45,46)/b11-9-,17-15-,24-21-. The number of carbonyl (C=O) groups excluding carboxylic acids is 1. The zero-order chi connectivity index (χ0) is 36.5. The van der Waals surface area contributed by atoms with Gasteiger partial charge >= 0.3 is 0 Å². The highest BCUT2D eigenvalue weighted by Crippen LogP contribution is 2.38. The van der Waals surface area contributed by atoms with Crippen LogP contribution in [-0.2, 0) is 18.4 Å². The van der Waals surface area contributed by atoms with Crippen molar-refractivity contribution in [3.63, 3.8) is 0 Å². The molecule has 0 heterocycles. The first-order valence-electron chi connectivity index (χ1n) is 19.8. The summed E-state index contributed by atoms with van der Waals surface area (Å²) in [6.07, 6.45) is 37.2. The lowest BCUT2D eigenvalue weighted by atomic mass is 10.0. The molecule has 0 saturated heterocycles. The van der Waals surface area contributed by atoms with Gasteiger partial charge in [-0.1, -0.05) is 147 Å². The third kappa shape index (κ3) is 34.9. The normalized spacial score (nSPS) is 15.0. The van der Waals surface area contributed by atoms with Gasteiger partial charge in [-0.3, -0.25) is 9.36 Å². The van der Waals surface area contributed by atoms with Crippen LogP contribution in [0, 0.1) is 0 Å². The second kappa shape index (κ2) is 32.6. The minimum absolute atomic E-state index is 0.00539. The van der Waals surface area contributed by atoms with Crippen LogP contribution < -0.4 is 10.2 Å². The fourth-order valence-corrected chi connectivity index (χ4v) is 6.19. The average Bonchev–Trinajstić information content (AvgIpc) is 3.04. The largest absolute Gasteiger partial charge is 0.756 e. The lowest BCUT2D eigenvalue weighted by Crippen LogP contribution is -2.46. The minimum atomic E-state index is -4.56. The van der Waals surface area contributed by atoms with E-state index in [-0.39, 0.29) is 19.1 Å². The van der Waals surface area contributed by atoms with Crippen LogP contribution in [0.1, 0.15) is 162 Å². The molecule has 0 fully saturated rings. The molecule has 49 heavy (non-hydrogen) atoms. The van der Waals surface area contributed by atoms with Gasteiger partial charge in [-0.15, -0.1) is 0 Å². The van der Waals surface area contributed by atoms with Gasteiger partial charge in [0.25, 0.3) is 7.82 Å². The summed E-state index contributed by atoms with van der Waals surface area (Å²) in [5.74, 6) is -0.196. The van der Waals surface area contributed by atoms with Crippen LogP contribution in [-0.4, -0.2) is 68.5 Å². The molecule has 0 aromatic rings. The summed E-state index contributed by atoms with van der Waals surface area (Å²) < 4.78 is 23.2. The summed E-state index contributed by atoms with van der Waals surface area (Å²) >= 11 is 0. The lowest BCUT2D eigenvalue weighted by molar-refractivity contribution is -0.870. The number of likely N-dealkylation sites (N-methyl/N-ethyl adjacent to an activating group) is 1. The van der Waals surface area contributed by atoms with Gasteiger partial charge in [0, 0.05) is 6.42 Å². The number of rotatable bonds is 35. The fourth-order valence-electron chi connectivity index (χ4n) is 5.46. The number of carbonyl (C=O) groups is 1. The van der Waals surface area contributed by atoms with Crippen molar-refractivity contribution in [2.24, 2.45) is 0 Å². The van der Waals surface area contributed by atoms with Crippen LogP contribution in [0.2, 0.25) is 0 Å². The van der Waals surface area contributed by atoms with E-state index in [0.717, 1.165) is 64.2 Å². The van der Waals surface area contributed by atoms with E-state index in [2.05, 4.69) is 55.6 Å². The zero-order valence-corrected chi connectivity index (χ0v) is 33.3. The van der Waals surface area contributed by atoms with Gasteiger partial charge in [0.1, 0.15) is 13.2 Å². The van der Waals surface area contributed by atoms with E-state index in [1.807, 2.05) is 21.1 Å². The number of nitrogens with zero attached hydrogens (tertiary/aromatic N) is 1. The van der Waals surface area contributed by atoms with E-state index < -0.39 is 20.0 Å². The topological polar surface area (TPSA) is 108 Å². The second-order valence-corrected chi connectivity index (χ2v) is 16.0. The van der Waals surface area contributed by atoms with E-state index in [4.69, 9.17) is 9.05 Å². The first kappa shape index (κ1) is 47.7. The van der Waals surface area contributed by atoms with E-state index in [1.165, 1.54) is 70.6 Å². The molecule has 0 spiro atoms. The first-order chi connectivity index (χ1) is 23.5. The maximum atomic E-state index is 12.8. The number of amides is 1. The Morgan fingerprint density at radius 3 is 1.80 bits per heavy atom. The molecule has 288 valence electrons. The highest BCUT2D eigenvalue weighted by atomic mass is 31.2. The van der Waals surface area contributed by atoms with Gasteiger partial charge in [0.05, 0.1) is 39.9 Å². The summed E-state index contributed by atoms with van der Waals surface area (Å²) in [4.78, 5) is 25.2. The molecule has 3 unspecified atom stereocenters. The number of aliphatic hydroxyl groups is 1. The quantitative estimate of drug-likeness (QED) is 0.0293. The number of hydrogen-bond acceptors (Lipinski definition) is 6. The number of allylic oxidation sites excluding steroid dienone is 6. The lowest BCUT2D eigenvalue weighted by Gasteiger charge is -2.30. The Labute approximate surface area is 302 Å². The Hall–Kier alpha value is -1.28. The predicted octanol–water partition coefficient (Wildman–Crippen LogP) is 9.72. The van der Waals surface area contributed by atoms with Gasteiger partial charge in [0.2, 0.25) is 5.91 Å². The maximum absolute atomic E-state index is 12.8. The molecule has 0 aliphatic heterocycles. The number of phosphoric acid groups is 1. The Morgan fingerprint density at radius 1 is 0.735 bits per heavy atom. The van der Waals surface area contributed by atoms with Crippen LogP contribution in [0.25, 0.3) is 0 Å². The molecule has 0 aliphatic rings. The summed E-state index contributed by atoms with van der Waals surface area (Å²) in [6.45, 7) is 4.56. The minimum Gasteiger partial charge on any atom is -0.756 e. The molecular weight excluding hydrogens is 635 g/mol. The monoisotopic (exact) mass is 713 g/mol. The predicted molar refractivity (Wildman–Crippen MR) is 205 cm³/mol. The molecule has 0 aromatic heterocycles. The van der Waals surface area contributed by atoms with E-state index >= 15 is 0 Å². The number of aliphatic hydroxyl groups excluding tert-OH is 1. The van der Waals surface area contributed by atoms with Crippen molar-refractivity contribution in [3.05, 3.63) is 36.5 Å². The van der Waals surface area contributed by atoms with Crippen molar-refractivity contribution in [2.75, 3.05) is 40.9 Å². The second-order valence-electron chi connectivity index (χ2n) is 14.6. The van der Waals surface area contributed by atoms with E-state index in [0.29, 0.717) is 23.9 Å². The number of quaternary nitrogens is 1. The molecule has 0 aliphatic carbocycles. The van der Waals surface area contributed by atoms with E-state index in [1.54, 1.807) is 0 Å². The summed E-state index contributed by atoms with van der Waals surface area (Å²) in [5, 5.41) is 13.8. The van der Waals surface area contributed by atoms with Crippen molar-refractivity contribution in [2.45, 2.75) is 174 Å². The Morgan fingerprint density at radius 2 is 1.24 bits per heavy atom. The Balaban J connectivity index is 4.50. The molecule has 0 saturated carbocycles. The van der Waals surface area contributed by atoms with Crippen molar-refractivity contribution in [1.29, 1.82) is 0 Å². The van der Waals surface area contributed by atoms with Crippen LogP contribution in [0.3, 0.4) is 0 Å². The number of nitrogens with one attached hydrogen (secondary N) is 1. The number of unbranched alkanes of at least 4 members (excludes halogenated alkanes) is 16. The van der Waals surface area contributed by atoms with Crippen LogP contribution in [0.15, 0.2) is 36.5 Å². The van der Waals surface area contributed by atoms with Crippen molar-refractivity contribution >= 4 is 13.7 Å². The molecule has 2 N–H and O–H groups in total. The molecule has 0 rings (SSSR count). The maximum Gasteiger partial charge on any atom is 0.268 e. The molecule has 3 atom stereocenters. The SMILES string of the molecule is CC/C=C\C/C=C\C/C=C\CCCCCC(=O)NC(COP(=O)([O-])OCC[N+](C)(C)C)C(O)CCCCCCCCCCCCCCCC. The number of phosphoric ester groups is 1. The Bertz CT molecular complexity index is 902. The van der Waals surface area contributed by atoms with Crippen molar-refractivity contribution < 1.29 is 32.9 Å². The molecule has 9 heteroatoms. The molecule has 8 nitrogen and oxygen atoms in total. The van der Waals surface area contributed by atoms with Gasteiger partial charge in [-0.05, 0) is 44.9 Å².